The molecule has 1 aliphatic heterocycles. The molecule has 1 atom stereocenters. The SMILES string of the molecule is CCc1cc(C(=O)N2CCC(C(=O)O)(C(F)(F)F)C2)oc1CC. The molecule has 5 nitrogen and oxygen atoms in total. The van der Waals surface area contributed by atoms with Crippen molar-refractivity contribution in [2.75, 3.05) is 13.1 Å². The van der Waals surface area contributed by atoms with E-state index >= 15 is 0 Å². The molecule has 23 heavy (non-hydrogen) atoms. The van der Waals surface area contributed by atoms with Crippen LogP contribution in [0.15, 0.2) is 10.5 Å². The molecule has 1 aromatic rings. The topological polar surface area (TPSA) is 70.8 Å². The Morgan fingerprint density at radius 1 is 1.35 bits per heavy atom. The number of nitrogens with zero attached hydrogens (tertiary/aromatic N) is 1. The Kier molecular flexibility index (Phi) is 4.45. The number of aryl methyl sites for hydroxylation is 2. The van der Waals surface area contributed by atoms with Crippen LogP contribution < -0.4 is 0 Å². The molecular weight excluding hydrogens is 315 g/mol. The van der Waals surface area contributed by atoms with Gasteiger partial charge < -0.3 is 14.4 Å². The van der Waals surface area contributed by atoms with E-state index in [9.17, 15) is 22.8 Å². The van der Waals surface area contributed by atoms with Gasteiger partial charge in [0.2, 0.25) is 0 Å². The summed E-state index contributed by atoms with van der Waals surface area (Å²) in [5, 5.41) is 9.01. The second-order valence-electron chi connectivity index (χ2n) is 5.63. The highest BCUT2D eigenvalue weighted by Crippen LogP contribution is 2.46. The number of amides is 1. The quantitative estimate of drug-likeness (QED) is 0.920. The molecule has 1 amide bonds. The minimum Gasteiger partial charge on any atom is -0.481 e. The van der Waals surface area contributed by atoms with Crippen LogP contribution in [0.1, 0.15) is 42.1 Å². The second kappa shape index (κ2) is 5.90. The highest BCUT2D eigenvalue weighted by molar-refractivity contribution is 5.93. The van der Waals surface area contributed by atoms with E-state index in [1.165, 1.54) is 6.07 Å². The molecule has 1 aromatic heterocycles. The maximum atomic E-state index is 13.1. The Hall–Kier alpha value is -1.99. The summed E-state index contributed by atoms with van der Waals surface area (Å²) in [5.74, 6) is -2.08. The predicted molar refractivity (Wildman–Crippen MR) is 74.1 cm³/mol. The number of likely N-dealkylation sites (tertiary alicyclic amines) is 1. The van der Waals surface area contributed by atoms with Crippen LogP contribution >= 0.6 is 0 Å². The van der Waals surface area contributed by atoms with Crippen LogP contribution in [0.2, 0.25) is 0 Å². The fraction of sp³-hybridized carbons (Fsp3) is 0.600. The van der Waals surface area contributed by atoms with Gasteiger partial charge in [-0.05, 0) is 24.5 Å². The summed E-state index contributed by atoms with van der Waals surface area (Å²) in [4.78, 5) is 24.4. The molecule has 1 unspecified atom stereocenters. The first-order valence-electron chi connectivity index (χ1n) is 7.37. The summed E-state index contributed by atoms with van der Waals surface area (Å²) < 4.78 is 44.8. The average Bonchev–Trinajstić information content (AvgIpc) is 3.10. The van der Waals surface area contributed by atoms with Gasteiger partial charge in [0, 0.05) is 19.5 Å². The van der Waals surface area contributed by atoms with E-state index in [2.05, 4.69) is 0 Å². The predicted octanol–water partition coefficient (Wildman–Crippen LogP) is 2.88. The number of hydrogen-bond acceptors (Lipinski definition) is 3. The molecule has 0 aromatic carbocycles. The van der Waals surface area contributed by atoms with Crippen molar-refractivity contribution in [3.05, 3.63) is 23.2 Å². The van der Waals surface area contributed by atoms with Crippen molar-refractivity contribution in [1.29, 1.82) is 0 Å². The molecule has 1 fully saturated rings. The fourth-order valence-electron chi connectivity index (χ4n) is 2.84. The van der Waals surface area contributed by atoms with Crippen molar-refractivity contribution >= 4 is 11.9 Å². The number of halogens is 3. The van der Waals surface area contributed by atoms with Crippen molar-refractivity contribution in [2.45, 2.75) is 39.3 Å². The maximum absolute atomic E-state index is 13.1. The van der Waals surface area contributed by atoms with Crippen molar-refractivity contribution < 1.29 is 32.3 Å². The van der Waals surface area contributed by atoms with Crippen LogP contribution in [0.3, 0.4) is 0 Å². The highest BCUT2D eigenvalue weighted by atomic mass is 19.4. The van der Waals surface area contributed by atoms with E-state index in [0.29, 0.717) is 18.6 Å². The molecule has 1 aliphatic rings. The van der Waals surface area contributed by atoms with Gasteiger partial charge in [-0.1, -0.05) is 13.8 Å². The molecule has 0 radical (unpaired) electrons. The molecule has 128 valence electrons. The number of furan rings is 1. The molecule has 0 bridgehead atoms. The third kappa shape index (κ3) is 2.82. The number of carbonyl (C=O) groups is 2. The third-order valence-corrected chi connectivity index (χ3v) is 4.32. The number of hydrogen-bond donors (Lipinski definition) is 1. The number of carboxylic acids is 1. The number of carboxylic acid groups (broad SMARTS) is 1. The Morgan fingerprint density at radius 2 is 2.00 bits per heavy atom. The van der Waals surface area contributed by atoms with Gasteiger partial charge in [-0.3, -0.25) is 9.59 Å². The largest absolute Gasteiger partial charge is 0.481 e. The van der Waals surface area contributed by atoms with Gasteiger partial charge in [-0.15, -0.1) is 0 Å². The van der Waals surface area contributed by atoms with E-state index in [0.717, 1.165) is 10.5 Å². The van der Waals surface area contributed by atoms with E-state index in [-0.39, 0.29) is 12.3 Å². The summed E-state index contributed by atoms with van der Waals surface area (Å²) in [6.07, 6.45) is -4.36. The zero-order valence-corrected chi connectivity index (χ0v) is 12.9. The number of rotatable bonds is 4. The van der Waals surface area contributed by atoms with Gasteiger partial charge in [-0.25, -0.2) is 0 Å². The van der Waals surface area contributed by atoms with Gasteiger partial charge in [0.25, 0.3) is 5.91 Å². The van der Waals surface area contributed by atoms with Crippen LogP contribution in [-0.2, 0) is 17.6 Å². The standard InChI is InChI=1S/C15H18F3NO4/c1-3-9-7-11(23-10(9)4-2)12(20)19-6-5-14(8-19,13(21)22)15(16,17)18/h7H,3-6,8H2,1-2H3,(H,21,22). The number of aliphatic carboxylic acids is 1. The minimum atomic E-state index is -4.92. The Balaban J connectivity index is 2.26. The van der Waals surface area contributed by atoms with Crippen LogP contribution in [-0.4, -0.2) is 41.1 Å². The van der Waals surface area contributed by atoms with E-state index in [1.807, 2.05) is 13.8 Å². The fourth-order valence-corrected chi connectivity index (χ4v) is 2.84. The van der Waals surface area contributed by atoms with Gasteiger partial charge in [-0.2, -0.15) is 13.2 Å². The Bertz CT molecular complexity index is 601. The van der Waals surface area contributed by atoms with Crippen molar-refractivity contribution in [1.82, 2.24) is 4.90 Å². The molecule has 1 saturated heterocycles. The molecule has 1 N–H and O–H groups in total. The highest BCUT2D eigenvalue weighted by Gasteiger charge is 2.64. The average molecular weight is 333 g/mol. The lowest BCUT2D eigenvalue weighted by atomic mass is 9.86. The minimum absolute atomic E-state index is 0.0398. The molecule has 0 spiro atoms. The molecular formula is C15H18F3NO4. The zero-order valence-electron chi connectivity index (χ0n) is 12.9. The van der Waals surface area contributed by atoms with Gasteiger partial charge >= 0.3 is 12.1 Å². The zero-order chi connectivity index (χ0) is 17.4. The maximum Gasteiger partial charge on any atom is 0.406 e. The van der Waals surface area contributed by atoms with E-state index in [1.54, 1.807) is 0 Å². The molecule has 2 rings (SSSR count). The number of alkyl halides is 3. The van der Waals surface area contributed by atoms with Crippen molar-refractivity contribution in [3.63, 3.8) is 0 Å². The molecule has 0 saturated carbocycles. The van der Waals surface area contributed by atoms with Gasteiger partial charge in [0.1, 0.15) is 5.76 Å². The monoisotopic (exact) mass is 333 g/mol. The molecule has 8 heteroatoms. The lowest BCUT2D eigenvalue weighted by Gasteiger charge is -2.26. The molecule has 0 aliphatic carbocycles. The first kappa shape index (κ1) is 17.4. The van der Waals surface area contributed by atoms with E-state index in [4.69, 9.17) is 9.52 Å². The van der Waals surface area contributed by atoms with Gasteiger partial charge in [0.05, 0.1) is 0 Å². The normalized spacial score (nSPS) is 21.7. The lowest BCUT2D eigenvalue weighted by molar-refractivity contribution is -0.227. The van der Waals surface area contributed by atoms with Crippen LogP contribution in [0.25, 0.3) is 0 Å². The summed E-state index contributed by atoms with van der Waals surface area (Å²) in [5.41, 5.74) is -2.08. The summed E-state index contributed by atoms with van der Waals surface area (Å²) in [7, 11) is 0. The summed E-state index contributed by atoms with van der Waals surface area (Å²) in [6.45, 7) is 2.57. The Labute approximate surface area is 131 Å². The van der Waals surface area contributed by atoms with Crippen LogP contribution in [0.5, 0.6) is 0 Å². The summed E-state index contributed by atoms with van der Waals surface area (Å²) >= 11 is 0. The van der Waals surface area contributed by atoms with Crippen molar-refractivity contribution in [2.24, 2.45) is 5.41 Å². The van der Waals surface area contributed by atoms with Crippen LogP contribution in [0, 0.1) is 5.41 Å². The van der Waals surface area contributed by atoms with E-state index < -0.39 is 36.4 Å². The molecule has 2 heterocycles. The first-order chi connectivity index (χ1) is 10.7. The van der Waals surface area contributed by atoms with Crippen molar-refractivity contribution in [3.8, 4) is 0 Å². The van der Waals surface area contributed by atoms with Crippen LogP contribution in [0.4, 0.5) is 13.2 Å². The lowest BCUT2D eigenvalue weighted by Crippen LogP contribution is -2.47. The van der Waals surface area contributed by atoms with Gasteiger partial charge in [0.15, 0.2) is 11.2 Å². The summed E-state index contributed by atoms with van der Waals surface area (Å²) in [6, 6.07) is 1.52. The third-order valence-electron chi connectivity index (χ3n) is 4.32. The Morgan fingerprint density at radius 3 is 2.39 bits per heavy atom. The smallest absolute Gasteiger partial charge is 0.406 e. The second-order valence-corrected chi connectivity index (χ2v) is 5.63. The number of carbonyl (C=O) groups excluding carboxylic acids is 1. The first-order valence-corrected chi connectivity index (χ1v) is 7.37.